The van der Waals surface area contributed by atoms with Crippen LogP contribution in [0.25, 0.3) is 0 Å². The summed E-state index contributed by atoms with van der Waals surface area (Å²) < 4.78 is 5.00. The molecule has 3 rings (SSSR count). The molecule has 5 N–H and O–H groups in total. The van der Waals surface area contributed by atoms with Gasteiger partial charge in [0.1, 0.15) is 13.2 Å². The lowest BCUT2D eigenvalue weighted by Crippen LogP contribution is -2.47. The Labute approximate surface area is 219 Å². The highest BCUT2D eigenvalue weighted by Gasteiger charge is 2.42. The van der Waals surface area contributed by atoms with Crippen LogP contribution in [0.4, 0.5) is 10.5 Å². The molecule has 0 radical (unpaired) electrons. The number of carboxylic acids is 1. The van der Waals surface area contributed by atoms with Crippen LogP contribution in [0.1, 0.15) is 25.7 Å². The summed E-state index contributed by atoms with van der Waals surface area (Å²) in [6.07, 6.45) is 2.62. The number of para-hydroxylation sites is 1. The van der Waals surface area contributed by atoms with Gasteiger partial charge in [-0.1, -0.05) is 24.6 Å². The second-order valence-electron chi connectivity index (χ2n) is 8.98. The monoisotopic (exact) mass is 535 g/mol. The molecule has 13 heteroatoms. The first-order chi connectivity index (χ1) is 17.7. The van der Waals surface area contributed by atoms with Gasteiger partial charge in [-0.05, 0) is 25.0 Å². The van der Waals surface area contributed by atoms with Crippen LogP contribution in [0, 0.1) is 0 Å². The number of urea groups is 1. The van der Waals surface area contributed by atoms with E-state index in [9.17, 15) is 29.1 Å². The highest BCUT2D eigenvalue weighted by atomic mass is 32.2. The van der Waals surface area contributed by atoms with Gasteiger partial charge in [0.05, 0.1) is 18.6 Å². The van der Waals surface area contributed by atoms with Crippen molar-refractivity contribution >= 4 is 47.2 Å². The van der Waals surface area contributed by atoms with Crippen molar-refractivity contribution in [2.45, 2.75) is 49.1 Å². The highest BCUT2D eigenvalue weighted by Crippen LogP contribution is 2.33. The summed E-state index contributed by atoms with van der Waals surface area (Å²) in [4.78, 5) is 60.7. The van der Waals surface area contributed by atoms with Gasteiger partial charge in [0.2, 0.25) is 11.8 Å². The number of thioether (sulfide) groups is 1. The molecule has 4 atom stereocenters. The number of carbonyl (C=O) groups excluding carboxylic acids is 4. The number of rotatable bonds is 14. The number of unbranched alkanes of at least 4 members (excludes halogenated alkanes) is 1. The van der Waals surface area contributed by atoms with Gasteiger partial charge in [0.15, 0.2) is 6.04 Å². The Morgan fingerprint density at radius 1 is 1.19 bits per heavy atom. The zero-order chi connectivity index (χ0) is 26.8. The summed E-state index contributed by atoms with van der Waals surface area (Å²) in [5.74, 6) is -2.02. The van der Waals surface area contributed by atoms with E-state index in [2.05, 4.69) is 21.3 Å². The van der Waals surface area contributed by atoms with Crippen molar-refractivity contribution < 1.29 is 33.8 Å². The van der Waals surface area contributed by atoms with Gasteiger partial charge in [0, 0.05) is 30.2 Å². The number of ether oxygens (including phenoxy) is 1. The number of aliphatic carboxylic acids is 1. The maximum absolute atomic E-state index is 12.4. The van der Waals surface area contributed by atoms with Gasteiger partial charge in [-0.25, -0.2) is 9.59 Å². The number of hydrogen-bond donors (Lipinski definition) is 5. The third-order valence-corrected chi connectivity index (χ3v) is 7.64. The van der Waals surface area contributed by atoms with E-state index in [4.69, 9.17) is 4.74 Å². The van der Waals surface area contributed by atoms with E-state index in [0.717, 1.165) is 18.6 Å². The number of nitrogens with zero attached hydrogens (tertiary/aromatic N) is 1. The van der Waals surface area contributed by atoms with E-state index in [-0.39, 0.29) is 43.5 Å². The van der Waals surface area contributed by atoms with Gasteiger partial charge in [0.25, 0.3) is 0 Å². The highest BCUT2D eigenvalue weighted by molar-refractivity contribution is 8.00. The van der Waals surface area contributed by atoms with Crippen LogP contribution in [0.2, 0.25) is 0 Å². The van der Waals surface area contributed by atoms with Crippen molar-refractivity contribution in [3.05, 3.63) is 30.3 Å². The number of hydrogen-bond acceptors (Lipinski definition) is 8. The molecule has 0 saturated carbocycles. The molecule has 0 aromatic heterocycles. The van der Waals surface area contributed by atoms with Gasteiger partial charge >= 0.3 is 18.0 Å². The molecule has 0 spiro atoms. The summed E-state index contributed by atoms with van der Waals surface area (Å²) in [6.45, 7) is -1.03. The van der Waals surface area contributed by atoms with Crippen LogP contribution >= 0.6 is 11.8 Å². The summed E-state index contributed by atoms with van der Waals surface area (Å²) >= 11 is 1.82. The second-order valence-corrected chi connectivity index (χ2v) is 10.3. The smallest absolute Gasteiger partial charge is 0.329 e. The lowest BCUT2D eigenvalue weighted by molar-refractivity contribution is -0.153. The van der Waals surface area contributed by atoms with E-state index < -0.39 is 30.5 Å². The van der Waals surface area contributed by atoms with Crippen molar-refractivity contribution in [3.8, 4) is 0 Å². The molecule has 2 aliphatic rings. The van der Waals surface area contributed by atoms with Crippen LogP contribution in [-0.4, -0.2) is 95.7 Å². The molecule has 12 nitrogen and oxygen atoms in total. The minimum Gasteiger partial charge on any atom is -0.480 e. The zero-order valence-electron chi connectivity index (χ0n) is 20.6. The largest absolute Gasteiger partial charge is 0.480 e. The molecule has 2 saturated heterocycles. The summed E-state index contributed by atoms with van der Waals surface area (Å²) in [5.41, 5.74) is 0.703. The van der Waals surface area contributed by atoms with Gasteiger partial charge < -0.3 is 36.0 Å². The van der Waals surface area contributed by atoms with Crippen LogP contribution < -0.4 is 21.3 Å². The average Bonchev–Trinajstić information content (AvgIpc) is 3.42. The molecule has 202 valence electrons. The predicted molar refractivity (Wildman–Crippen MR) is 137 cm³/mol. The maximum atomic E-state index is 12.4. The molecule has 0 bridgehead atoms. The fourth-order valence-corrected chi connectivity index (χ4v) is 5.66. The summed E-state index contributed by atoms with van der Waals surface area (Å²) in [6, 6.07) is 7.70. The topological polar surface area (TPSA) is 166 Å². The molecule has 0 aliphatic carbocycles. The van der Waals surface area contributed by atoms with E-state index in [1.807, 2.05) is 17.8 Å². The van der Waals surface area contributed by atoms with E-state index in [1.54, 1.807) is 24.3 Å². The Morgan fingerprint density at radius 3 is 2.68 bits per heavy atom. The number of fused-ring (bicyclic) bond motifs is 1. The third-order valence-electron chi connectivity index (χ3n) is 6.13. The standard InChI is InChI=1S/C24H33N5O7S/c1-29(20(31)10-6-5-9-18-22-17(14-37-18)27-24(35)28-22)12-21(32)36-13-16(23(33)34)26-19(30)11-25-15-7-3-2-4-8-15/h2-4,7-8,16-18,22,25H,5-6,9-14H2,1H3,(H,26,30)(H,33,34)(H2,27,28,35). The lowest BCUT2D eigenvalue weighted by Gasteiger charge is -2.19. The molecule has 4 amide bonds. The van der Waals surface area contributed by atoms with Gasteiger partial charge in [-0.3, -0.25) is 14.4 Å². The Hall–Kier alpha value is -3.48. The lowest BCUT2D eigenvalue weighted by atomic mass is 10.0. The minimum atomic E-state index is -1.41. The molecular weight excluding hydrogens is 502 g/mol. The number of carboxylic acid groups (broad SMARTS) is 1. The molecule has 37 heavy (non-hydrogen) atoms. The first-order valence-electron chi connectivity index (χ1n) is 12.1. The van der Waals surface area contributed by atoms with Crippen molar-refractivity contribution in [2.24, 2.45) is 0 Å². The van der Waals surface area contributed by atoms with E-state index in [1.165, 1.54) is 11.9 Å². The normalized spacial score (nSPS) is 20.7. The zero-order valence-corrected chi connectivity index (χ0v) is 21.4. The Morgan fingerprint density at radius 2 is 1.95 bits per heavy atom. The van der Waals surface area contributed by atoms with Crippen molar-refractivity contribution in [1.82, 2.24) is 20.9 Å². The van der Waals surface area contributed by atoms with Crippen molar-refractivity contribution in [1.29, 1.82) is 0 Å². The van der Waals surface area contributed by atoms with Crippen LogP contribution in [0.5, 0.6) is 0 Å². The first-order valence-corrected chi connectivity index (χ1v) is 13.2. The molecule has 2 fully saturated rings. The third kappa shape index (κ3) is 8.85. The van der Waals surface area contributed by atoms with Crippen molar-refractivity contribution in [2.75, 3.05) is 37.8 Å². The maximum Gasteiger partial charge on any atom is 0.329 e. The van der Waals surface area contributed by atoms with Crippen molar-refractivity contribution in [3.63, 3.8) is 0 Å². The molecule has 1 aromatic rings. The number of likely N-dealkylation sites (N-methyl/N-ethyl adjacent to an activating group) is 1. The number of esters is 1. The quantitative estimate of drug-likeness (QED) is 0.129. The Kier molecular flexibility index (Phi) is 10.4. The number of carbonyl (C=O) groups is 5. The predicted octanol–water partition coefficient (Wildman–Crippen LogP) is 0.395. The van der Waals surface area contributed by atoms with Crippen LogP contribution in [0.15, 0.2) is 30.3 Å². The van der Waals surface area contributed by atoms with Crippen LogP contribution in [-0.2, 0) is 23.9 Å². The van der Waals surface area contributed by atoms with Crippen LogP contribution in [0.3, 0.4) is 0 Å². The molecule has 2 aliphatic heterocycles. The molecule has 1 aromatic carbocycles. The Bertz CT molecular complexity index is 979. The summed E-state index contributed by atoms with van der Waals surface area (Å²) in [7, 11) is 1.48. The summed E-state index contributed by atoms with van der Waals surface area (Å²) in [5, 5.41) is 20.7. The van der Waals surface area contributed by atoms with E-state index >= 15 is 0 Å². The molecule has 2 heterocycles. The number of benzene rings is 1. The van der Waals surface area contributed by atoms with Gasteiger partial charge in [-0.15, -0.1) is 0 Å². The molecular formula is C24H33N5O7S. The molecule has 4 unspecified atom stereocenters. The second kappa shape index (κ2) is 13.7. The number of anilines is 1. The fraction of sp³-hybridized carbons (Fsp3) is 0.542. The number of nitrogens with one attached hydrogen (secondary N) is 4. The average molecular weight is 536 g/mol. The van der Waals surface area contributed by atoms with Gasteiger partial charge in [-0.2, -0.15) is 11.8 Å². The number of amides is 4. The SMILES string of the molecule is CN(CC(=O)OCC(NC(=O)CNc1ccccc1)C(=O)O)C(=O)CCCCC1SCC2NC(=O)NC21. The fourth-order valence-electron chi connectivity index (χ4n) is 4.12. The van der Waals surface area contributed by atoms with E-state index in [0.29, 0.717) is 17.4 Å². The minimum absolute atomic E-state index is 0.124. The Balaban J connectivity index is 1.30. The first kappa shape index (κ1) is 28.1.